The van der Waals surface area contributed by atoms with Gasteiger partial charge in [0.2, 0.25) is 0 Å². The summed E-state index contributed by atoms with van der Waals surface area (Å²) < 4.78 is 5.69. The Labute approximate surface area is 125 Å². The Balaban J connectivity index is 1.74. The van der Waals surface area contributed by atoms with Gasteiger partial charge in [0.25, 0.3) is 0 Å². The van der Waals surface area contributed by atoms with Gasteiger partial charge in [-0.15, -0.1) is 0 Å². The molecule has 1 aliphatic rings. The first-order chi connectivity index (χ1) is 9.69. The average molecular weight is 296 g/mol. The van der Waals surface area contributed by atoms with Gasteiger partial charge >= 0.3 is 0 Å². The second kappa shape index (κ2) is 7.39. The van der Waals surface area contributed by atoms with Crippen LogP contribution >= 0.6 is 11.6 Å². The topological polar surface area (TPSA) is 36.9 Å². The number of benzene rings is 1. The van der Waals surface area contributed by atoms with Gasteiger partial charge in [0.05, 0.1) is 6.54 Å². The van der Waals surface area contributed by atoms with Crippen molar-refractivity contribution in [2.24, 2.45) is 4.99 Å². The molecular formula is C15H22ClN3O. The molecule has 4 nitrogen and oxygen atoms in total. The van der Waals surface area contributed by atoms with E-state index in [1.165, 1.54) is 19.3 Å². The van der Waals surface area contributed by atoms with Gasteiger partial charge in [-0.2, -0.15) is 0 Å². The van der Waals surface area contributed by atoms with Crippen LogP contribution in [0, 0.1) is 0 Å². The van der Waals surface area contributed by atoms with Crippen molar-refractivity contribution in [3.05, 3.63) is 29.3 Å². The van der Waals surface area contributed by atoms with E-state index in [2.05, 4.69) is 15.2 Å². The highest BCUT2D eigenvalue weighted by Crippen LogP contribution is 2.18. The molecule has 0 spiro atoms. The van der Waals surface area contributed by atoms with Crippen LogP contribution in [0.5, 0.6) is 5.75 Å². The summed E-state index contributed by atoms with van der Waals surface area (Å²) in [6.07, 6.45) is 3.80. The minimum Gasteiger partial charge on any atom is -0.492 e. The van der Waals surface area contributed by atoms with E-state index >= 15 is 0 Å². The summed E-state index contributed by atoms with van der Waals surface area (Å²) in [5, 5.41) is 4.15. The number of halogens is 1. The number of nitrogens with zero attached hydrogens (tertiary/aromatic N) is 2. The molecule has 0 atom stereocenters. The lowest BCUT2D eigenvalue weighted by atomic mass is 9.93. The van der Waals surface area contributed by atoms with Gasteiger partial charge in [-0.25, -0.2) is 0 Å². The number of aliphatic imine (C=N–C) groups is 1. The third-order valence-electron chi connectivity index (χ3n) is 3.50. The van der Waals surface area contributed by atoms with Crippen molar-refractivity contribution in [1.29, 1.82) is 0 Å². The second-order valence-corrected chi connectivity index (χ2v) is 5.48. The van der Waals surface area contributed by atoms with Gasteiger partial charge in [-0.1, -0.05) is 17.7 Å². The van der Waals surface area contributed by atoms with E-state index < -0.39 is 0 Å². The maximum atomic E-state index is 5.92. The maximum absolute atomic E-state index is 5.92. The van der Waals surface area contributed by atoms with Crippen LogP contribution in [0.15, 0.2) is 29.3 Å². The quantitative estimate of drug-likeness (QED) is 0.670. The van der Waals surface area contributed by atoms with Crippen molar-refractivity contribution in [1.82, 2.24) is 10.2 Å². The van der Waals surface area contributed by atoms with Crippen LogP contribution in [-0.2, 0) is 0 Å². The summed E-state index contributed by atoms with van der Waals surface area (Å²) in [7, 11) is 3.84. The van der Waals surface area contributed by atoms with Crippen LogP contribution in [0.1, 0.15) is 19.3 Å². The van der Waals surface area contributed by atoms with Crippen molar-refractivity contribution < 1.29 is 4.74 Å². The number of ether oxygens (including phenoxy) is 1. The predicted octanol–water partition coefficient (Wildman–Crippen LogP) is 2.78. The van der Waals surface area contributed by atoms with Crippen LogP contribution in [0.25, 0.3) is 0 Å². The van der Waals surface area contributed by atoms with Crippen LogP contribution in [0.3, 0.4) is 0 Å². The van der Waals surface area contributed by atoms with Crippen molar-refractivity contribution in [3.8, 4) is 5.75 Å². The third kappa shape index (κ3) is 4.30. The summed E-state index contributed by atoms with van der Waals surface area (Å²) >= 11 is 5.92. The minimum absolute atomic E-state index is 0.588. The highest BCUT2D eigenvalue weighted by atomic mass is 35.5. The molecule has 0 aliphatic heterocycles. The number of likely N-dealkylation sites (N-methyl/N-ethyl adjacent to an activating group) is 1. The van der Waals surface area contributed by atoms with E-state index in [1.54, 1.807) is 0 Å². The number of hydrogen-bond donors (Lipinski definition) is 1. The number of rotatable bonds is 5. The molecule has 0 aromatic heterocycles. The Morgan fingerprint density at radius 1 is 1.50 bits per heavy atom. The summed E-state index contributed by atoms with van der Waals surface area (Å²) in [5.74, 6) is 1.73. The molecule has 0 unspecified atom stereocenters. The third-order valence-corrected chi connectivity index (χ3v) is 3.74. The molecule has 110 valence electrons. The molecule has 1 aromatic rings. The largest absolute Gasteiger partial charge is 0.492 e. The number of guanidine groups is 1. The van der Waals surface area contributed by atoms with Crippen molar-refractivity contribution in [2.75, 3.05) is 27.2 Å². The molecule has 1 N–H and O–H groups in total. The van der Waals surface area contributed by atoms with Crippen LogP contribution < -0.4 is 10.1 Å². The highest BCUT2D eigenvalue weighted by Gasteiger charge is 2.19. The van der Waals surface area contributed by atoms with Crippen molar-refractivity contribution in [2.45, 2.75) is 25.3 Å². The normalized spacial score (nSPS) is 15.7. The van der Waals surface area contributed by atoms with Crippen molar-refractivity contribution >= 4 is 17.6 Å². The van der Waals surface area contributed by atoms with Crippen LogP contribution in [-0.4, -0.2) is 44.1 Å². The average Bonchev–Trinajstić information content (AvgIpc) is 2.37. The maximum Gasteiger partial charge on any atom is 0.193 e. The molecule has 0 bridgehead atoms. The number of hydrogen-bond acceptors (Lipinski definition) is 2. The summed E-state index contributed by atoms with van der Waals surface area (Å²) in [5.41, 5.74) is 0. The first-order valence-electron chi connectivity index (χ1n) is 7.02. The fourth-order valence-corrected chi connectivity index (χ4v) is 2.22. The van der Waals surface area contributed by atoms with Crippen molar-refractivity contribution in [3.63, 3.8) is 0 Å². The van der Waals surface area contributed by atoms with E-state index in [-0.39, 0.29) is 0 Å². The molecule has 0 heterocycles. The fourth-order valence-electron chi connectivity index (χ4n) is 2.04. The van der Waals surface area contributed by atoms with Gasteiger partial charge in [0.1, 0.15) is 12.4 Å². The fraction of sp³-hybridized carbons (Fsp3) is 0.533. The van der Waals surface area contributed by atoms with E-state index in [0.29, 0.717) is 17.7 Å². The molecule has 20 heavy (non-hydrogen) atoms. The Bertz CT molecular complexity index is 460. The predicted molar refractivity (Wildman–Crippen MR) is 83.7 cm³/mol. The van der Waals surface area contributed by atoms with Gasteiger partial charge in [0, 0.05) is 25.2 Å². The summed E-state index contributed by atoms with van der Waals surface area (Å²) in [6.45, 7) is 1.38. The first kappa shape index (κ1) is 15.0. The smallest absolute Gasteiger partial charge is 0.193 e. The zero-order chi connectivity index (χ0) is 14.4. The van der Waals surface area contributed by atoms with Crippen LogP contribution in [0.4, 0.5) is 0 Å². The Hall–Kier alpha value is -1.42. The monoisotopic (exact) mass is 295 g/mol. The van der Waals surface area contributed by atoms with E-state index in [4.69, 9.17) is 16.3 Å². The van der Waals surface area contributed by atoms with E-state index in [0.717, 1.165) is 18.3 Å². The second-order valence-electron chi connectivity index (χ2n) is 5.05. The zero-order valence-corrected chi connectivity index (χ0v) is 12.9. The Kier molecular flexibility index (Phi) is 5.53. The lowest BCUT2D eigenvalue weighted by molar-refractivity contribution is 0.276. The summed E-state index contributed by atoms with van der Waals surface area (Å²) in [4.78, 5) is 6.39. The van der Waals surface area contributed by atoms with Gasteiger partial charge in [-0.3, -0.25) is 4.99 Å². The molecule has 5 heteroatoms. The molecule has 2 rings (SSSR count). The van der Waals surface area contributed by atoms with Gasteiger partial charge < -0.3 is 15.0 Å². The van der Waals surface area contributed by atoms with E-state index in [9.17, 15) is 0 Å². The molecule has 0 amide bonds. The molecule has 1 fully saturated rings. The van der Waals surface area contributed by atoms with Gasteiger partial charge in [-0.05, 0) is 37.5 Å². The van der Waals surface area contributed by atoms with E-state index in [1.807, 2.05) is 38.4 Å². The number of nitrogens with one attached hydrogen (secondary N) is 1. The molecule has 0 radical (unpaired) electrons. The van der Waals surface area contributed by atoms with Crippen LogP contribution in [0.2, 0.25) is 5.02 Å². The van der Waals surface area contributed by atoms with Gasteiger partial charge in [0.15, 0.2) is 5.96 Å². The molecule has 1 aliphatic carbocycles. The molecular weight excluding hydrogens is 274 g/mol. The standard InChI is InChI=1S/C15H22ClN3O/c1-17-15(18-13-6-4-7-13)19(2)9-10-20-14-8-3-5-12(16)11-14/h3,5,8,11,13H,4,6-7,9-10H2,1-2H3,(H,17,18). The highest BCUT2D eigenvalue weighted by molar-refractivity contribution is 6.30. The Morgan fingerprint density at radius 2 is 2.30 bits per heavy atom. The molecule has 0 saturated heterocycles. The Morgan fingerprint density at radius 3 is 2.90 bits per heavy atom. The molecule has 1 aromatic carbocycles. The lowest BCUT2D eigenvalue weighted by Gasteiger charge is -2.31. The summed E-state index contributed by atoms with van der Waals surface area (Å²) in [6, 6.07) is 8.05. The minimum atomic E-state index is 0.588. The lowest BCUT2D eigenvalue weighted by Crippen LogP contribution is -2.47. The SMILES string of the molecule is CN=C(NC1CCC1)N(C)CCOc1cccc(Cl)c1. The zero-order valence-electron chi connectivity index (χ0n) is 12.1. The molecule has 1 saturated carbocycles. The first-order valence-corrected chi connectivity index (χ1v) is 7.39.